The number of benzene rings is 2. The van der Waals surface area contributed by atoms with Gasteiger partial charge >= 0.3 is 0 Å². The number of rotatable bonds is 4. The summed E-state index contributed by atoms with van der Waals surface area (Å²) in [4.78, 5) is 6.05. The van der Waals surface area contributed by atoms with Crippen LogP contribution in [0.25, 0.3) is 21.8 Å². The van der Waals surface area contributed by atoms with E-state index in [2.05, 4.69) is 63.8 Å². The van der Waals surface area contributed by atoms with Crippen molar-refractivity contribution in [1.82, 2.24) is 9.55 Å². The van der Waals surface area contributed by atoms with Gasteiger partial charge in [0.15, 0.2) is 0 Å². The lowest BCUT2D eigenvalue weighted by Gasteiger charge is -2.19. The van der Waals surface area contributed by atoms with E-state index in [0.29, 0.717) is 6.54 Å². The molecule has 4 heteroatoms. The first-order valence-corrected chi connectivity index (χ1v) is 8.51. The second-order valence-electron chi connectivity index (χ2n) is 6.27. The van der Waals surface area contributed by atoms with E-state index in [4.69, 9.17) is 0 Å². The Kier molecular flexibility index (Phi) is 3.88. The summed E-state index contributed by atoms with van der Waals surface area (Å²) in [5.41, 5.74) is 4.31. The number of para-hydroxylation sites is 1. The van der Waals surface area contributed by atoms with Gasteiger partial charge in [0.2, 0.25) is 5.95 Å². The predicted molar refractivity (Wildman–Crippen MR) is 101 cm³/mol. The van der Waals surface area contributed by atoms with Crippen LogP contribution in [0.3, 0.4) is 0 Å². The maximum absolute atomic E-state index is 13.3. The summed E-state index contributed by atoms with van der Waals surface area (Å²) < 4.78 is 15.6. The quantitative estimate of drug-likeness (QED) is 0.491. The topological polar surface area (TPSA) is 21.1 Å². The minimum Gasteiger partial charge on any atom is -0.369 e. The number of pyridine rings is 1. The van der Waals surface area contributed by atoms with E-state index in [1.165, 1.54) is 27.9 Å². The number of hydrogen-bond donors (Lipinski definition) is 0. The van der Waals surface area contributed by atoms with Crippen molar-refractivity contribution >= 4 is 27.5 Å². The molecule has 0 aliphatic carbocycles. The Hall–Kier alpha value is -2.88. The monoisotopic (exact) mass is 333 g/mol. The lowest BCUT2D eigenvalue weighted by Crippen LogP contribution is -2.17. The number of fused-ring (bicyclic) bond motifs is 3. The van der Waals surface area contributed by atoms with Crippen molar-refractivity contribution in [3.05, 3.63) is 72.3 Å². The summed E-state index contributed by atoms with van der Waals surface area (Å²) in [7, 11) is 2.01. The van der Waals surface area contributed by atoms with Crippen molar-refractivity contribution in [3.63, 3.8) is 0 Å². The van der Waals surface area contributed by atoms with Gasteiger partial charge in [-0.3, -0.25) is 0 Å². The SMILES string of the molecule is CCn1c2ccccc2c2cc(N(C)Cc3cccc(F)n3)ccc21. The molecule has 0 saturated carbocycles. The van der Waals surface area contributed by atoms with Crippen LogP contribution in [0, 0.1) is 5.95 Å². The second kappa shape index (κ2) is 6.20. The first-order valence-electron chi connectivity index (χ1n) is 8.51. The van der Waals surface area contributed by atoms with E-state index < -0.39 is 5.95 Å². The molecule has 0 radical (unpaired) electrons. The fraction of sp³-hybridized carbons (Fsp3) is 0.190. The molecule has 3 nitrogen and oxygen atoms in total. The highest BCUT2D eigenvalue weighted by Gasteiger charge is 2.11. The van der Waals surface area contributed by atoms with Gasteiger partial charge in [-0.15, -0.1) is 0 Å². The molecule has 25 heavy (non-hydrogen) atoms. The minimum absolute atomic E-state index is 0.438. The van der Waals surface area contributed by atoms with Crippen molar-refractivity contribution in [1.29, 1.82) is 0 Å². The van der Waals surface area contributed by atoms with Crippen LogP contribution in [-0.2, 0) is 13.1 Å². The van der Waals surface area contributed by atoms with Crippen LogP contribution in [0.5, 0.6) is 0 Å². The van der Waals surface area contributed by atoms with Crippen molar-refractivity contribution in [2.24, 2.45) is 0 Å². The van der Waals surface area contributed by atoms with Crippen LogP contribution in [0.1, 0.15) is 12.6 Å². The molecule has 0 bridgehead atoms. The minimum atomic E-state index is -0.438. The Morgan fingerprint density at radius 2 is 1.76 bits per heavy atom. The first-order chi connectivity index (χ1) is 12.2. The number of hydrogen-bond acceptors (Lipinski definition) is 2. The Morgan fingerprint density at radius 1 is 0.960 bits per heavy atom. The van der Waals surface area contributed by atoms with Crippen LogP contribution in [-0.4, -0.2) is 16.6 Å². The molecule has 4 aromatic rings. The van der Waals surface area contributed by atoms with Gasteiger partial charge in [-0.05, 0) is 43.3 Å². The fourth-order valence-corrected chi connectivity index (χ4v) is 3.49. The zero-order valence-electron chi connectivity index (χ0n) is 14.4. The molecule has 2 aromatic carbocycles. The summed E-state index contributed by atoms with van der Waals surface area (Å²) in [6.45, 7) is 3.67. The Morgan fingerprint density at radius 3 is 2.56 bits per heavy atom. The maximum Gasteiger partial charge on any atom is 0.213 e. The van der Waals surface area contributed by atoms with Gasteiger partial charge < -0.3 is 9.47 Å². The number of anilines is 1. The van der Waals surface area contributed by atoms with Crippen molar-refractivity contribution in [2.45, 2.75) is 20.0 Å². The average Bonchev–Trinajstić information content (AvgIpc) is 2.94. The highest BCUT2D eigenvalue weighted by molar-refractivity contribution is 6.09. The van der Waals surface area contributed by atoms with Gasteiger partial charge in [-0.1, -0.05) is 24.3 Å². The molecule has 0 spiro atoms. The highest BCUT2D eigenvalue weighted by Crippen LogP contribution is 2.32. The molecule has 2 aromatic heterocycles. The molecule has 0 N–H and O–H groups in total. The van der Waals surface area contributed by atoms with Gasteiger partial charge in [0, 0.05) is 41.1 Å². The fourth-order valence-electron chi connectivity index (χ4n) is 3.49. The van der Waals surface area contributed by atoms with Crippen LogP contribution >= 0.6 is 0 Å². The van der Waals surface area contributed by atoms with Crippen LogP contribution in [0.15, 0.2) is 60.7 Å². The summed E-state index contributed by atoms with van der Waals surface area (Å²) in [6, 6.07) is 19.9. The Bertz CT molecular complexity index is 1050. The number of halogens is 1. The summed E-state index contributed by atoms with van der Waals surface area (Å²) in [5, 5.41) is 2.51. The molecule has 2 heterocycles. The standard InChI is InChI=1S/C21H20FN3/c1-3-25-19-9-5-4-8-17(19)18-13-16(11-12-20(18)25)24(2)14-15-7-6-10-21(22)23-15/h4-13H,3,14H2,1-2H3. The van der Waals surface area contributed by atoms with Gasteiger partial charge in [0.1, 0.15) is 0 Å². The van der Waals surface area contributed by atoms with Crippen molar-refractivity contribution in [3.8, 4) is 0 Å². The second-order valence-corrected chi connectivity index (χ2v) is 6.27. The zero-order chi connectivity index (χ0) is 17.4. The molecule has 0 fully saturated rings. The maximum atomic E-state index is 13.3. The van der Waals surface area contributed by atoms with E-state index in [0.717, 1.165) is 17.9 Å². The van der Waals surface area contributed by atoms with Gasteiger partial charge in [0.05, 0.1) is 12.2 Å². The Balaban J connectivity index is 1.77. The first kappa shape index (κ1) is 15.6. The number of aromatic nitrogens is 2. The lowest BCUT2D eigenvalue weighted by molar-refractivity contribution is 0.576. The third-order valence-electron chi connectivity index (χ3n) is 4.68. The molecule has 126 valence electrons. The molecule has 0 aliphatic heterocycles. The molecular formula is C21H20FN3. The largest absolute Gasteiger partial charge is 0.369 e. The van der Waals surface area contributed by atoms with E-state index >= 15 is 0 Å². The van der Waals surface area contributed by atoms with Crippen LogP contribution in [0.2, 0.25) is 0 Å². The average molecular weight is 333 g/mol. The van der Waals surface area contributed by atoms with E-state index in [1.54, 1.807) is 6.07 Å². The molecule has 0 amide bonds. The van der Waals surface area contributed by atoms with Crippen molar-refractivity contribution < 1.29 is 4.39 Å². The summed E-state index contributed by atoms with van der Waals surface area (Å²) in [5.74, 6) is -0.438. The van der Waals surface area contributed by atoms with Gasteiger partial charge in [-0.25, -0.2) is 4.98 Å². The van der Waals surface area contributed by atoms with E-state index in [1.807, 2.05) is 13.1 Å². The molecule has 0 aliphatic rings. The zero-order valence-corrected chi connectivity index (χ0v) is 14.4. The highest BCUT2D eigenvalue weighted by atomic mass is 19.1. The van der Waals surface area contributed by atoms with Crippen LogP contribution < -0.4 is 4.90 Å². The predicted octanol–water partition coefficient (Wildman–Crippen LogP) is 4.98. The lowest BCUT2D eigenvalue weighted by atomic mass is 10.1. The van der Waals surface area contributed by atoms with E-state index in [9.17, 15) is 4.39 Å². The third kappa shape index (κ3) is 2.74. The molecule has 0 unspecified atom stereocenters. The number of nitrogens with zero attached hydrogens (tertiary/aromatic N) is 3. The van der Waals surface area contributed by atoms with E-state index in [-0.39, 0.29) is 0 Å². The summed E-state index contributed by atoms with van der Waals surface area (Å²) >= 11 is 0. The molecule has 0 atom stereocenters. The molecule has 4 rings (SSSR count). The van der Waals surface area contributed by atoms with Gasteiger partial charge in [0.25, 0.3) is 0 Å². The smallest absolute Gasteiger partial charge is 0.213 e. The molecule has 0 saturated heterocycles. The number of aryl methyl sites for hydroxylation is 1. The van der Waals surface area contributed by atoms with Crippen molar-refractivity contribution in [2.75, 3.05) is 11.9 Å². The molecular weight excluding hydrogens is 313 g/mol. The summed E-state index contributed by atoms with van der Waals surface area (Å²) in [6.07, 6.45) is 0. The normalized spacial score (nSPS) is 11.3. The third-order valence-corrected chi connectivity index (χ3v) is 4.68. The Labute approximate surface area is 146 Å². The van der Waals surface area contributed by atoms with Gasteiger partial charge in [-0.2, -0.15) is 4.39 Å². The van der Waals surface area contributed by atoms with Crippen LogP contribution in [0.4, 0.5) is 10.1 Å².